The van der Waals surface area contributed by atoms with E-state index >= 15 is 0 Å². The number of carbonyl (C=O) groups excluding carboxylic acids is 4. The summed E-state index contributed by atoms with van der Waals surface area (Å²) in [5.41, 5.74) is 0. The molecule has 0 saturated heterocycles. The summed E-state index contributed by atoms with van der Waals surface area (Å²) in [7, 11) is 0. The van der Waals surface area contributed by atoms with Crippen molar-refractivity contribution in [1.82, 2.24) is 20.6 Å². The number of carbonyl (C=O) groups is 5. The van der Waals surface area contributed by atoms with Crippen molar-refractivity contribution in [2.24, 2.45) is 0 Å². The van der Waals surface area contributed by atoms with Crippen LogP contribution in [0, 0.1) is 23.3 Å². The van der Waals surface area contributed by atoms with Crippen molar-refractivity contribution < 1.29 is 51.4 Å². The Bertz CT molecular complexity index is 1170. The maximum absolute atomic E-state index is 13.7. The lowest BCUT2D eigenvalue weighted by Crippen LogP contribution is -2.52. The van der Waals surface area contributed by atoms with Crippen molar-refractivity contribution in [2.45, 2.75) is 31.8 Å². The zero-order chi connectivity index (χ0) is 27.7. The van der Waals surface area contributed by atoms with Crippen molar-refractivity contribution in [2.75, 3.05) is 11.9 Å². The Morgan fingerprint density at radius 1 is 0.973 bits per heavy atom. The van der Waals surface area contributed by atoms with Gasteiger partial charge in [-0.1, -0.05) is 0 Å². The molecule has 1 heterocycles. The van der Waals surface area contributed by atoms with Crippen molar-refractivity contribution in [3.05, 3.63) is 47.8 Å². The summed E-state index contributed by atoms with van der Waals surface area (Å²) >= 11 is 0. The van der Waals surface area contributed by atoms with E-state index < -0.39 is 90.0 Å². The van der Waals surface area contributed by atoms with E-state index in [4.69, 9.17) is 5.11 Å². The molecule has 0 fully saturated rings. The normalized spacial score (nSPS) is 12.1. The molecule has 37 heavy (non-hydrogen) atoms. The Hall–Kier alpha value is -4.63. The zero-order valence-electron chi connectivity index (χ0n) is 18.9. The van der Waals surface area contributed by atoms with Gasteiger partial charge in [0.2, 0.25) is 23.5 Å². The van der Waals surface area contributed by atoms with Gasteiger partial charge < -0.3 is 20.5 Å². The second-order valence-corrected chi connectivity index (χ2v) is 7.27. The molecule has 16 heteroatoms. The van der Waals surface area contributed by atoms with E-state index in [2.05, 4.69) is 25.3 Å². The van der Waals surface area contributed by atoms with Gasteiger partial charge in [-0.25, -0.2) is 18.7 Å². The van der Waals surface area contributed by atoms with Crippen molar-refractivity contribution in [1.29, 1.82) is 0 Å². The Balaban J connectivity index is 2.03. The lowest BCUT2D eigenvalue weighted by Gasteiger charge is -2.20. The minimum Gasteiger partial charge on any atom is -0.481 e. The van der Waals surface area contributed by atoms with Crippen LogP contribution >= 0.6 is 0 Å². The van der Waals surface area contributed by atoms with Crippen molar-refractivity contribution in [3.8, 4) is 5.75 Å². The molecule has 0 aliphatic carbocycles. The summed E-state index contributed by atoms with van der Waals surface area (Å²) < 4.78 is 58.7. The Kier molecular flexibility index (Phi) is 9.97. The van der Waals surface area contributed by atoms with Gasteiger partial charge in [0.25, 0.3) is 0 Å². The second kappa shape index (κ2) is 12.9. The number of hydrogen-bond donors (Lipinski definition) is 4. The molecule has 1 aromatic carbocycles. The van der Waals surface area contributed by atoms with E-state index in [9.17, 15) is 41.5 Å². The molecule has 4 N–H and O–H groups in total. The number of aliphatic carboxylic acids is 1. The molecule has 0 unspecified atom stereocenters. The molecule has 2 atom stereocenters. The molecule has 0 aliphatic rings. The van der Waals surface area contributed by atoms with Crippen LogP contribution < -0.4 is 20.7 Å². The zero-order valence-corrected chi connectivity index (χ0v) is 18.9. The third kappa shape index (κ3) is 8.22. The van der Waals surface area contributed by atoms with Crippen LogP contribution in [0.5, 0.6) is 5.75 Å². The fourth-order valence-corrected chi connectivity index (χ4v) is 2.65. The van der Waals surface area contributed by atoms with E-state index in [1.807, 2.05) is 5.32 Å². The van der Waals surface area contributed by atoms with E-state index in [0.29, 0.717) is 0 Å². The van der Waals surface area contributed by atoms with Crippen molar-refractivity contribution >= 4 is 35.4 Å². The largest absolute Gasteiger partial charge is 0.481 e. The first-order chi connectivity index (χ1) is 17.4. The van der Waals surface area contributed by atoms with Crippen LogP contribution in [0.15, 0.2) is 24.5 Å². The number of nitrogens with zero attached hydrogens (tertiary/aromatic N) is 2. The highest BCUT2D eigenvalue weighted by Gasteiger charge is 2.28. The predicted molar refractivity (Wildman–Crippen MR) is 114 cm³/mol. The molecule has 2 rings (SSSR count). The van der Waals surface area contributed by atoms with Gasteiger partial charge in [-0.2, -0.15) is 8.78 Å². The van der Waals surface area contributed by atoms with Crippen LogP contribution in [0.3, 0.4) is 0 Å². The first-order valence-electron chi connectivity index (χ1n) is 10.3. The van der Waals surface area contributed by atoms with Gasteiger partial charge in [0, 0.05) is 24.9 Å². The molecule has 0 radical (unpaired) electrons. The fourth-order valence-electron chi connectivity index (χ4n) is 2.65. The van der Waals surface area contributed by atoms with Gasteiger partial charge in [-0.05, 0) is 19.4 Å². The number of ketones is 1. The summed E-state index contributed by atoms with van der Waals surface area (Å²) in [5.74, 6) is -15.1. The van der Waals surface area contributed by atoms with Gasteiger partial charge in [0.1, 0.15) is 12.6 Å². The molecular formula is C21H19F4N5O7. The summed E-state index contributed by atoms with van der Waals surface area (Å²) in [6.07, 6.45) is 1.43. The highest BCUT2D eigenvalue weighted by atomic mass is 19.2. The number of hydrogen-bond acceptors (Lipinski definition) is 8. The number of benzene rings is 1. The molecule has 0 aliphatic heterocycles. The van der Waals surface area contributed by atoms with Crippen LogP contribution in [-0.4, -0.2) is 63.2 Å². The number of rotatable bonds is 11. The number of aromatic nitrogens is 2. The van der Waals surface area contributed by atoms with Gasteiger partial charge in [0.05, 0.1) is 6.04 Å². The van der Waals surface area contributed by atoms with E-state index in [0.717, 1.165) is 6.92 Å². The van der Waals surface area contributed by atoms with Gasteiger partial charge >= 0.3 is 17.8 Å². The molecule has 198 valence electrons. The summed E-state index contributed by atoms with van der Waals surface area (Å²) in [5, 5.41) is 15.1. The third-order valence-corrected chi connectivity index (χ3v) is 4.52. The average Bonchev–Trinajstić information content (AvgIpc) is 2.85. The van der Waals surface area contributed by atoms with Crippen molar-refractivity contribution in [3.63, 3.8) is 0 Å². The highest BCUT2D eigenvalue weighted by molar-refractivity contribution is 6.39. The maximum Gasteiger partial charge on any atom is 0.316 e. The molecule has 2 aromatic rings. The average molecular weight is 529 g/mol. The van der Waals surface area contributed by atoms with E-state index in [1.54, 1.807) is 0 Å². The number of ether oxygens (including phenoxy) is 1. The smallest absolute Gasteiger partial charge is 0.316 e. The maximum atomic E-state index is 13.7. The van der Waals surface area contributed by atoms with E-state index in [1.165, 1.54) is 18.5 Å². The van der Waals surface area contributed by atoms with Crippen LogP contribution in [0.2, 0.25) is 0 Å². The molecule has 0 bridgehead atoms. The van der Waals surface area contributed by atoms with Gasteiger partial charge in [0.15, 0.2) is 23.2 Å². The van der Waals surface area contributed by atoms with Crippen LogP contribution in [0.1, 0.15) is 19.8 Å². The van der Waals surface area contributed by atoms with Crippen LogP contribution in [0.25, 0.3) is 0 Å². The van der Waals surface area contributed by atoms with E-state index in [-0.39, 0.29) is 12.0 Å². The summed E-state index contributed by atoms with van der Waals surface area (Å²) in [4.78, 5) is 67.1. The second-order valence-electron chi connectivity index (χ2n) is 7.27. The number of Topliss-reactive ketones (excluding diaryl/α,β-unsaturated/α-hetero) is 1. The Morgan fingerprint density at radius 2 is 1.57 bits per heavy atom. The first-order valence-corrected chi connectivity index (χ1v) is 10.3. The number of carboxylic acid groups (broad SMARTS) is 1. The number of anilines is 1. The molecule has 1 aromatic heterocycles. The summed E-state index contributed by atoms with van der Waals surface area (Å²) in [6, 6.07) is -1.65. The highest BCUT2D eigenvalue weighted by Crippen LogP contribution is 2.26. The third-order valence-electron chi connectivity index (χ3n) is 4.52. The minimum absolute atomic E-state index is 0.0714. The Morgan fingerprint density at radius 3 is 2.14 bits per heavy atom. The van der Waals surface area contributed by atoms with Gasteiger partial charge in [-0.15, -0.1) is 0 Å². The lowest BCUT2D eigenvalue weighted by molar-refractivity contribution is -0.139. The standard InChI is InChI=1S/C21H19F4N5O7/c1-9(28-19(35)20(36)30-21-26-5-2-6-27-21)18(34)29-12(3-4-14(32)33)13(31)8-37-17-15(24)10(22)7-11(23)16(17)25/h2,5-7,9,12H,3-4,8H2,1H3,(H,28,35)(H,29,34)(H,32,33)(H,26,27,30,36)/t9-,12-/m0/s1. The SMILES string of the molecule is C[C@H](NC(=O)C(=O)Nc1ncccn1)C(=O)N[C@@H](CCC(=O)O)C(=O)COc1c(F)c(F)cc(F)c1F. The molecular weight excluding hydrogens is 510 g/mol. The predicted octanol–water partition coefficient (Wildman–Crippen LogP) is 0.474. The first kappa shape index (κ1) is 28.6. The molecule has 3 amide bonds. The number of carboxylic acids is 1. The monoisotopic (exact) mass is 529 g/mol. The topological polar surface area (TPSA) is 177 Å². The fraction of sp³-hybridized carbons (Fsp3) is 0.286. The minimum atomic E-state index is -1.91. The molecule has 12 nitrogen and oxygen atoms in total. The summed E-state index contributed by atoms with van der Waals surface area (Å²) in [6.45, 7) is -0.0729. The number of halogens is 4. The van der Waals surface area contributed by atoms with Gasteiger partial charge in [-0.3, -0.25) is 29.3 Å². The Labute approximate surface area is 205 Å². The quantitative estimate of drug-likeness (QED) is 0.183. The van der Waals surface area contributed by atoms with Crippen LogP contribution in [0.4, 0.5) is 23.5 Å². The van der Waals surface area contributed by atoms with Crippen LogP contribution in [-0.2, 0) is 24.0 Å². The molecule has 0 spiro atoms. The molecule has 0 saturated carbocycles. The number of amides is 3. The lowest BCUT2D eigenvalue weighted by atomic mass is 10.1. The number of nitrogens with one attached hydrogen (secondary N) is 3.